The topological polar surface area (TPSA) is 98.8 Å². The zero-order valence-corrected chi connectivity index (χ0v) is 15.6. The fourth-order valence-corrected chi connectivity index (χ4v) is 2.89. The third kappa shape index (κ3) is 3.75. The predicted molar refractivity (Wildman–Crippen MR) is 106 cm³/mol. The molecule has 4 rings (SSSR count). The standard InChI is InChI=1S/C22H17NO6/c1-2-9-23-20(24)16-10-14-7-8-15(12-18(14)29-21(16)25)27-22(26)19-11-13-5-3-4-6-17(13)28-19/h3-8,10-12H,2,9H2,1H3,(H,23,24). The number of benzene rings is 2. The molecule has 7 heteroatoms. The van der Waals surface area contributed by atoms with Crippen molar-refractivity contribution in [3.05, 3.63) is 76.3 Å². The number of hydrogen-bond donors (Lipinski definition) is 1. The zero-order chi connectivity index (χ0) is 20.4. The maximum atomic E-state index is 12.4. The van der Waals surface area contributed by atoms with Crippen molar-refractivity contribution in [2.45, 2.75) is 13.3 Å². The Morgan fingerprint density at radius 2 is 1.76 bits per heavy atom. The molecule has 29 heavy (non-hydrogen) atoms. The molecule has 0 unspecified atom stereocenters. The number of amides is 1. The summed E-state index contributed by atoms with van der Waals surface area (Å²) in [6.07, 6.45) is 0.755. The molecule has 0 spiro atoms. The first-order valence-electron chi connectivity index (χ1n) is 9.12. The largest absolute Gasteiger partial charge is 0.449 e. The van der Waals surface area contributed by atoms with E-state index in [2.05, 4.69) is 5.32 Å². The van der Waals surface area contributed by atoms with E-state index in [1.807, 2.05) is 25.1 Å². The van der Waals surface area contributed by atoms with Gasteiger partial charge in [-0.2, -0.15) is 0 Å². The van der Waals surface area contributed by atoms with Gasteiger partial charge in [0, 0.05) is 23.4 Å². The molecule has 146 valence electrons. The highest BCUT2D eigenvalue weighted by molar-refractivity contribution is 5.97. The smallest absolute Gasteiger partial charge is 0.379 e. The summed E-state index contributed by atoms with van der Waals surface area (Å²) in [6.45, 7) is 2.38. The molecule has 0 saturated heterocycles. The number of hydrogen-bond acceptors (Lipinski definition) is 6. The highest BCUT2D eigenvalue weighted by Gasteiger charge is 2.17. The molecule has 4 aromatic rings. The number of furan rings is 1. The predicted octanol–water partition coefficient (Wildman–Crippen LogP) is 3.90. The minimum Gasteiger partial charge on any atom is -0.449 e. The minimum absolute atomic E-state index is 0.0655. The third-order valence-corrected chi connectivity index (χ3v) is 4.32. The van der Waals surface area contributed by atoms with Crippen LogP contribution in [0.25, 0.3) is 21.9 Å². The van der Waals surface area contributed by atoms with E-state index in [-0.39, 0.29) is 22.7 Å². The Labute approximate surface area is 164 Å². The summed E-state index contributed by atoms with van der Waals surface area (Å²) < 4.78 is 16.1. The lowest BCUT2D eigenvalue weighted by Crippen LogP contribution is -2.28. The summed E-state index contributed by atoms with van der Waals surface area (Å²) >= 11 is 0. The number of carbonyl (C=O) groups excluding carboxylic acids is 2. The van der Waals surface area contributed by atoms with Crippen molar-refractivity contribution in [2.24, 2.45) is 0 Å². The maximum absolute atomic E-state index is 12.4. The Hall–Kier alpha value is -3.87. The van der Waals surface area contributed by atoms with Crippen LogP contribution in [-0.2, 0) is 0 Å². The molecular weight excluding hydrogens is 374 g/mol. The van der Waals surface area contributed by atoms with Gasteiger partial charge in [0.05, 0.1) is 0 Å². The first kappa shape index (κ1) is 18.5. The van der Waals surface area contributed by atoms with Gasteiger partial charge in [0.25, 0.3) is 5.91 Å². The SMILES string of the molecule is CCCNC(=O)c1cc2ccc(OC(=O)c3cc4ccccc4o3)cc2oc1=O. The molecular formula is C22H17NO6. The fraction of sp³-hybridized carbons (Fsp3) is 0.136. The van der Waals surface area contributed by atoms with Gasteiger partial charge in [-0.25, -0.2) is 9.59 Å². The molecule has 0 atom stereocenters. The Bertz CT molecular complexity index is 1250. The van der Waals surface area contributed by atoms with E-state index >= 15 is 0 Å². The number of para-hydroxylation sites is 1. The van der Waals surface area contributed by atoms with Crippen molar-refractivity contribution in [1.29, 1.82) is 0 Å². The number of ether oxygens (including phenoxy) is 1. The van der Waals surface area contributed by atoms with Crippen molar-refractivity contribution in [3.63, 3.8) is 0 Å². The molecule has 0 saturated carbocycles. The second-order valence-electron chi connectivity index (χ2n) is 6.44. The van der Waals surface area contributed by atoms with Crippen LogP contribution in [0.2, 0.25) is 0 Å². The van der Waals surface area contributed by atoms with Gasteiger partial charge >= 0.3 is 11.6 Å². The van der Waals surface area contributed by atoms with E-state index in [0.717, 1.165) is 11.8 Å². The number of fused-ring (bicyclic) bond motifs is 2. The van der Waals surface area contributed by atoms with Crippen LogP contribution in [0.5, 0.6) is 5.75 Å². The molecule has 0 bridgehead atoms. The van der Waals surface area contributed by atoms with Gasteiger partial charge in [-0.05, 0) is 36.8 Å². The summed E-state index contributed by atoms with van der Waals surface area (Å²) in [5.74, 6) is -0.897. The van der Waals surface area contributed by atoms with Gasteiger partial charge in [0.1, 0.15) is 22.5 Å². The van der Waals surface area contributed by atoms with Crippen LogP contribution < -0.4 is 15.7 Å². The lowest BCUT2D eigenvalue weighted by atomic mass is 10.1. The molecule has 1 N–H and O–H groups in total. The molecule has 2 aromatic heterocycles. The average molecular weight is 391 g/mol. The quantitative estimate of drug-likeness (QED) is 0.315. The lowest BCUT2D eigenvalue weighted by Gasteiger charge is -2.06. The van der Waals surface area contributed by atoms with Crippen LogP contribution in [0.4, 0.5) is 0 Å². The molecule has 2 heterocycles. The highest BCUT2D eigenvalue weighted by atomic mass is 16.5. The normalized spacial score (nSPS) is 10.9. The van der Waals surface area contributed by atoms with Gasteiger partial charge in [0.15, 0.2) is 0 Å². The Morgan fingerprint density at radius 3 is 2.55 bits per heavy atom. The monoisotopic (exact) mass is 391 g/mol. The third-order valence-electron chi connectivity index (χ3n) is 4.32. The van der Waals surface area contributed by atoms with Crippen LogP contribution in [0.3, 0.4) is 0 Å². The zero-order valence-electron chi connectivity index (χ0n) is 15.6. The summed E-state index contributed by atoms with van der Waals surface area (Å²) in [7, 11) is 0. The van der Waals surface area contributed by atoms with Gasteiger partial charge in [-0.3, -0.25) is 4.79 Å². The fourth-order valence-electron chi connectivity index (χ4n) is 2.89. The van der Waals surface area contributed by atoms with Crippen LogP contribution in [-0.4, -0.2) is 18.4 Å². The molecule has 0 aliphatic carbocycles. The molecule has 7 nitrogen and oxygen atoms in total. The van der Waals surface area contributed by atoms with E-state index in [1.165, 1.54) is 12.1 Å². The summed E-state index contributed by atoms with van der Waals surface area (Å²) in [5.41, 5.74) is -0.0420. The van der Waals surface area contributed by atoms with Crippen LogP contribution in [0.15, 0.2) is 68.2 Å². The van der Waals surface area contributed by atoms with Crippen molar-refractivity contribution >= 4 is 33.8 Å². The molecule has 1 amide bonds. The van der Waals surface area contributed by atoms with Crippen LogP contribution in [0.1, 0.15) is 34.3 Å². The van der Waals surface area contributed by atoms with Crippen molar-refractivity contribution in [1.82, 2.24) is 5.32 Å². The second-order valence-corrected chi connectivity index (χ2v) is 6.44. The molecule has 0 fully saturated rings. The number of nitrogens with one attached hydrogen (secondary N) is 1. The Morgan fingerprint density at radius 1 is 0.966 bits per heavy atom. The molecule has 0 aliphatic rings. The van der Waals surface area contributed by atoms with Crippen molar-refractivity contribution < 1.29 is 23.2 Å². The van der Waals surface area contributed by atoms with Crippen molar-refractivity contribution in [2.75, 3.05) is 6.54 Å². The molecule has 0 aliphatic heterocycles. The highest BCUT2D eigenvalue weighted by Crippen LogP contribution is 2.23. The Balaban J connectivity index is 1.59. The van der Waals surface area contributed by atoms with Gasteiger partial charge in [0.2, 0.25) is 5.76 Å². The van der Waals surface area contributed by atoms with Crippen LogP contribution >= 0.6 is 0 Å². The first-order chi connectivity index (χ1) is 14.0. The van der Waals surface area contributed by atoms with E-state index in [4.69, 9.17) is 13.6 Å². The number of rotatable bonds is 5. The summed E-state index contributed by atoms with van der Waals surface area (Å²) in [5, 5.41) is 3.97. The van der Waals surface area contributed by atoms with E-state index in [9.17, 15) is 14.4 Å². The first-order valence-corrected chi connectivity index (χ1v) is 9.12. The maximum Gasteiger partial charge on any atom is 0.379 e. The summed E-state index contributed by atoms with van der Waals surface area (Å²) in [6, 6.07) is 14.9. The number of esters is 1. The van der Waals surface area contributed by atoms with E-state index in [0.29, 0.717) is 17.5 Å². The molecule has 2 aromatic carbocycles. The molecule has 0 radical (unpaired) electrons. The van der Waals surface area contributed by atoms with Crippen LogP contribution in [0, 0.1) is 0 Å². The van der Waals surface area contributed by atoms with Crippen molar-refractivity contribution in [3.8, 4) is 5.75 Å². The minimum atomic E-state index is -0.758. The average Bonchev–Trinajstić information content (AvgIpc) is 3.16. The van der Waals surface area contributed by atoms with E-state index < -0.39 is 17.5 Å². The van der Waals surface area contributed by atoms with Gasteiger partial charge in [-0.15, -0.1) is 0 Å². The van der Waals surface area contributed by atoms with Gasteiger partial charge in [-0.1, -0.05) is 25.1 Å². The second kappa shape index (κ2) is 7.63. The number of carbonyl (C=O) groups is 2. The lowest BCUT2D eigenvalue weighted by molar-refractivity contribution is 0.0704. The van der Waals surface area contributed by atoms with E-state index in [1.54, 1.807) is 24.3 Å². The summed E-state index contributed by atoms with van der Waals surface area (Å²) in [4.78, 5) is 36.6. The Kier molecular flexibility index (Phi) is 4.87. The van der Waals surface area contributed by atoms with Gasteiger partial charge < -0.3 is 18.9 Å².